The Morgan fingerprint density at radius 3 is 2.67 bits per heavy atom. The molecule has 15 heavy (non-hydrogen) atoms. The zero-order chi connectivity index (χ0) is 10.8. The minimum absolute atomic E-state index is 0.454. The van der Waals surface area contributed by atoms with Gasteiger partial charge >= 0.3 is 0 Å². The van der Waals surface area contributed by atoms with Crippen molar-refractivity contribution in [2.45, 2.75) is 43.6 Å². The summed E-state index contributed by atoms with van der Waals surface area (Å²) in [6.07, 6.45) is 8.76. The molecule has 1 aliphatic carbocycles. The molecule has 0 saturated heterocycles. The molecule has 2 rings (SSSR count). The first kappa shape index (κ1) is 10.8. The van der Waals surface area contributed by atoms with E-state index in [1.54, 1.807) is 11.8 Å². The zero-order valence-electron chi connectivity index (χ0n) is 9.49. The Kier molecular flexibility index (Phi) is 3.19. The van der Waals surface area contributed by atoms with Gasteiger partial charge in [0.1, 0.15) is 5.75 Å². The molecule has 0 aliphatic heterocycles. The molecule has 1 aromatic rings. The van der Waals surface area contributed by atoms with Gasteiger partial charge in [0.25, 0.3) is 0 Å². The zero-order valence-corrected chi connectivity index (χ0v) is 10.3. The van der Waals surface area contributed by atoms with Crippen molar-refractivity contribution in [3.8, 4) is 5.75 Å². The molecule has 1 saturated carbocycles. The number of thioether (sulfide) groups is 1. The van der Waals surface area contributed by atoms with Crippen LogP contribution < -0.4 is 4.74 Å². The van der Waals surface area contributed by atoms with Crippen molar-refractivity contribution in [1.82, 2.24) is 4.98 Å². The SMILES string of the molecule is CSc1cncc(C(C)C)c1OC1CC1. The molecule has 82 valence electrons. The molecule has 3 heteroatoms. The van der Waals surface area contributed by atoms with Gasteiger partial charge in [0.2, 0.25) is 0 Å². The fourth-order valence-corrected chi connectivity index (χ4v) is 2.00. The molecule has 0 bridgehead atoms. The van der Waals surface area contributed by atoms with E-state index in [2.05, 4.69) is 25.1 Å². The van der Waals surface area contributed by atoms with E-state index in [0.29, 0.717) is 12.0 Å². The van der Waals surface area contributed by atoms with Crippen molar-refractivity contribution in [3.05, 3.63) is 18.0 Å². The van der Waals surface area contributed by atoms with Gasteiger partial charge in [-0.1, -0.05) is 13.8 Å². The van der Waals surface area contributed by atoms with Gasteiger partial charge in [-0.15, -0.1) is 11.8 Å². The van der Waals surface area contributed by atoms with Gasteiger partial charge in [-0.2, -0.15) is 0 Å². The summed E-state index contributed by atoms with van der Waals surface area (Å²) < 4.78 is 5.98. The van der Waals surface area contributed by atoms with Crippen molar-refractivity contribution >= 4 is 11.8 Å². The third-order valence-corrected chi connectivity index (χ3v) is 3.27. The average Bonchev–Trinajstić information content (AvgIpc) is 3.01. The number of rotatable bonds is 4. The van der Waals surface area contributed by atoms with Crippen LogP contribution >= 0.6 is 11.8 Å². The minimum Gasteiger partial charge on any atom is -0.489 e. The molecule has 1 heterocycles. The van der Waals surface area contributed by atoms with Crippen LogP contribution in [0, 0.1) is 0 Å². The maximum absolute atomic E-state index is 5.98. The molecule has 1 aliphatic rings. The van der Waals surface area contributed by atoms with E-state index in [1.165, 1.54) is 18.4 Å². The third-order valence-electron chi connectivity index (χ3n) is 2.54. The van der Waals surface area contributed by atoms with Crippen LogP contribution in [0.15, 0.2) is 17.3 Å². The Labute approximate surface area is 95.4 Å². The topological polar surface area (TPSA) is 22.1 Å². The highest BCUT2D eigenvalue weighted by Crippen LogP contribution is 2.38. The molecule has 0 N–H and O–H groups in total. The van der Waals surface area contributed by atoms with Crippen molar-refractivity contribution in [2.75, 3.05) is 6.26 Å². The van der Waals surface area contributed by atoms with E-state index in [-0.39, 0.29) is 0 Å². The molecule has 0 amide bonds. The summed E-state index contributed by atoms with van der Waals surface area (Å²) in [6, 6.07) is 0. The van der Waals surface area contributed by atoms with Crippen LogP contribution in [0.3, 0.4) is 0 Å². The predicted octanol–water partition coefficient (Wildman–Crippen LogP) is 3.47. The number of pyridine rings is 1. The van der Waals surface area contributed by atoms with Crippen molar-refractivity contribution in [3.63, 3.8) is 0 Å². The summed E-state index contributed by atoms with van der Waals surface area (Å²) in [7, 11) is 0. The third kappa shape index (κ3) is 2.46. The lowest BCUT2D eigenvalue weighted by Crippen LogP contribution is -2.03. The number of ether oxygens (including phenoxy) is 1. The lowest BCUT2D eigenvalue weighted by molar-refractivity contribution is 0.291. The Hall–Kier alpha value is -0.700. The lowest BCUT2D eigenvalue weighted by atomic mass is 10.1. The first-order chi connectivity index (χ1) is 7.22. The summed E-state index contributed by atoms with van der Waals surface area (Å²) in [5.74, 6) is 1.54. The van der Waals surface area contributed by atoms with E-state index < -0.39 is 0 Å². The number of aromatic nitrogens is 1. The van der Waals surface area contributed by atoms with Gasteiger partial charge in [-0.25, -0.2) is 0 Å². The summed E-state index contributed by atoms with van der Waals surface area (Å²) in [4.78, 5) is 5.42. The second kappa shape index (κ2) is 4.44. The van der Waals surface area contributed by atoms with E-state index in [1.807, 2.05) is 12.4 Å². The van der Waals surface area contributed by atoms with Gasteiger partial charge in [-0.3, -0.25) is 4.98 Å². The van der Waals surface area contributed by atoms with E-state index >= 15 is 0 Å². The Morgan fingerprint density at radius 2 is 2.13 bits per heavy atom. The molecule has 0 radical (unpaired) electrons. The maximum atomic E-state index is 5.98. The molecular weight excluding hydrogens is 206 g/mol. The molecule has 1 fully saturated rings. The van der Waals surface area contributed by atoms with E-state index in [9.17, 15) is 0 Å². The van der Waals surface area contributed by atoms with Gasteiger partial charge in [-0.05, 0) is 25.0 Å². The Bertz CT molecular complexity index is 347. The number of nitrogens with zero attached hydrogens (tertiary/aromatic N) is 1. The highest BCUT2D eigenvalue weighted by Gasteiger charge is 2.26. The van der Waals surface area contributed by atoms with E-state index in [4.69, 9.17) is 4.74 Å². The molecule has 1 aromatic heterocycles. The number of hydrogen-bond donors (Lipinski definition) is 0. The summed E-state index contributed by atoms with van der Waals surface area (Å²) >= 11 is 1.71. The predicted molar refractivity (Wildman–Crippen MR) is 63.8 cm³/mol. The van der Waals surface area contributed by atoms with Crippen LogP contribution in [-0.2, 0) is 0 Å². The molecule has 0 atom stereocenters. The van der Waals surface area contributed by atoms with Crippen LogP contribution in [0.5, 0.6) is 5.75 Å². The maximum Gasteiger partial charge on any atom is 0.139 e. The molecule has 0 unspecified atom stereocenters. The molecule has 0 aromatic carbocycles. The van der Waals surface area contributed by atoms with Crippen LogP contribution in [0.25, 0.3) is 0 Å². The Morgan fingerprint density at radius 1 is 1.40 bits per heavy atom. The highest BCUT2D eigenvalue weighted by atomic mass is 32.2. The van der Waals surface area contributed by atoms with Crippen LogP contribution in [-0.4, -0.2) is 17.3 Å². The average molecular weight is 223 g/mol. The van der Waals surface area contributed by atoms with Gasteiger partial charge < -0.3 is 4.74 Å². The quantitative estimate of drug-likeness (QED) is 0.730. The fraction of sp³-hybridized carbons (Fsp3) is 0.583. The summed E-state index contributed by atoms with van der Waals surface area (Å²) in [5.41, 5.74) is 1.23. The van der Waals surface area contributed by atoms with Crippen molar-refractivity contribution in [2.24, 2.45) is 0 Å². The molecular formula is C12H17NOS. The molecule has 0 spiro atoms. The van der Waals surface area contributed by atoms with Crippen molar-refractivity contribution in [1.29, 1.82) is 0 Å². The number of hydrogen-bond acceptors (Lipinski definition) is 3. The monoisotopic (exact) mass is 223 g/mol. The van der Waals surface area contributed by atoms with Gasteiger partial charge in [0.15, 0.2) is 0 Å². The standard InChI is InChI=1S/C12H17NOS/c1-8(2)10-6-13-7-11(15-3)12(10)14-9-4-5-9/h6-9H,4-5H2,1-3H3. The summed E-state index contributed by atoms with van der Waals surface area (Å²) in [6.45, 7) is 4.36. The fourth-order valence-electron chi connectivity index (χ4n) is 1.48. The van der Waals surface area contributed by atoms with Crippen LogP contribution in [0.2, 0.25) is 0 Å². The second-order valence-electron chi connectivity index (χ2n) is 4.23. The van der Waals surface area contributed by atoms with Crippen LogP contribution in [0.1, 0.15) is 38.2 Å². The smallest absolute Gasteiger partial charge is 0.139 e. The lowest BCUT2D eigenvalue weighted by Gasteiger charge is -2.15. The minimum atomic E-state index is 0.454. The first-order valence-corrected chi connectivity index (χ1v) is 6.63. The van der Waals surface area contributed by atoms with E-state index in [0.717, 1.165) is 10.6 Å². The second-order valence-corrected chi connectivity index (χ2v) is 5.08. The van der Waals surface area contributed by atoms with Crippen LogP contribution in [0.4, 0.5) is 0 Å². The van der Waals surface area contributed by atoms with Crippen molar-refractivity contribution < 1.29 is 4.74 Å². The highest BCUT2D eigenvalue weighted by molar-refractivity contribution is 7.98. The molecule has 2 nitrogen and oxygen atoms in total. The summed E-state index contributed by atoms with van der Waals surface area (Å²) in [5, 5.41) is 0. The largest absolute Gasteiger partial charge is 0.489 e. The normalized spacial score (nSPS) is 15.7. The first-order valence-electron chi connectivity index (χ1n) is 5.41. The van der Waals surface area contributed by atoms with Gasteiger partial charge in [0.05, 0.1) is 11.0 Å². The Balaban J connectivity index is 2.34. The van der Waals surface area contributed by atoms with Gasteiger partial charge in [0, 0.05) is 18.0 Å².